The predicted molar refractivity (Wildman–Crippen MR) is 46.4 cm³/mol. The highest BCUT2D eigenvalue weighted by atomic mass is 16.2. The molecule has 0 saturated carbocycles. The lowest BCUT2D eigenvalue weighted by molar-refractivity contribution is 0.196. The quantitative estimate of drug-likeness (QED) is 0.409. The van der Waals surface area contributed by atoms with E-state index in [1.165, 1.54) is 0 Å². The fourth-order valence-corrected chi connectivity index (χ4v) is 1.54. The number of hydrogen-bond acceptors (Lipinski definition) is 5. The number of nitrogens with one attached hydrogen (secondary N) is 2. The number of nitrogens with two attached hydrogens (primary N) is 1. The molecule has 2 rings (SSSR count). The van der Waals surface area contributed by atoms with E-state index in [0.717, 1.165) is 0 Å². The van der Waals surface area contributed by atoms with Gasteiger partial charge in [-0.15, -0.1) is 0 Å². The van der Waals surface area contributed by atoms with E-state index in [0.29, 0.717) is 5.96 Å². The molecule has 0 aliphatic carbocycles. The molecule has 4 N–H and O–H groups in total. The molecule has 7 nitrogen and oxygen atoms in total. The molecular formula is C6H12N6O. The number of rotatable bonds is 0. The number of amides is 2. The molecule has 2 aliphatic heterocycles. The molecular weight excluding hydrogens is 172 g/mol. The van der Waals surface area contributed by atoms with Gasteiger partial charge in [0, 0.05) is 14.1 Å². The van der Waals surface area contributed by atoms with Gasteiger partial charge in [0.25, 0.3) is 0 Å². The minimum absolute atomic E-state index is 0.0669. The zero-order chi connectivity index (χ0) is 9.59. The first-order valence-corrected chi connectivity index (χ1v) is 3.95. The molecule has 72 valence electrons. The number of carbonyl (C=O) groups excluding carboxylic acids is 1. The first-order valence-electron chi connectivity index (χ1n) is 3.95. The number of hydrazine groups is 1. The van der Waals surface area contributed by atoms with Crippen LogP contribution in [0, 0.1) is 0 Å². The first kappa shape index (κ1) is 8.11. The van der Waals surface area contributed by atoms with Crippen LogP contribution in [0.2, 0.25) is 0 Å². The van der Waals surface area contributed by atoms with Crippen LogP contribution in [-0.2, 0) is 0 Å². The van der Waals surface area contributed by atoms with E-state index in [-0.39, 0.29) is 18.4 Å². The van der Waals surface area contributed by atoms with Crippen LogP contribution in [0.25, 0.3) is 0 Å². The van der Waals surface area contributed by atoms with Crippen LogP contribution in [0.3, 0.4) is 0 Å². The van der Waals surface area contributed by atoms with Crippen LogP contribution in [0.4, 0.5) is 4.79 Å². The molecule has 0 spiro atoms. The summed E-state index contributed by atoms with van der Waals surface area (Å²) in [7, 11) is 3.42. The summed E-state index contributed by atoms with van der Waals surface area (Å²) in [6, 6.07) is -0.0669. The molecule has 7 heteroatoms. The summed E-state index contributed by atoms with van der Waals surface area (Å²) in [5.41, 5.74) is 11.0. The van der Waals surface area contributed by atoms with E-state index in [1.807, 2.05) is 0 Å². The summed E-state index contributed by atoms with van der Waals surface area (Å²) >= 11 is 0. The summed E-state index contributed by atoms with van der Waals surface area (Å²) in [4.78, 5) is 18.7. The second-order valence-corrected chi connectivity index (χ2v) is 3.15. The van der Waals surface area contributed by atoms with Crippen molar-refractivity contribution in [3.8, 4) is 0 Å². The molecule has 1 saturated heterocycles. The topological polar surface area (TPSA) is 86.0 Å². The number of guanidine groups is 1. The van der Waals surface area contributed by atoms with E-state index in [2.05, 4.69) is 15.8 Å². The van der Waals surface area contributed by atoms with Crippen molar-refractivity contribution in [2.45, 2.75) is 12.3 Å². The number of nitrogens with zero attached hydrogens (tertiary/aromatic N) is 3. The van der Waals surface area contributed by atoms with Crippen LogP contribution >= 0.6 is 0 Å². The Morgan fingerprint density at radius 3 is 2.85 bits per heavy atom. The zero-order valence-corrected chi connectivity index (χ0v) is 7.48. The number of fused-ring (bicyclic) bond motifs is 1. The predicted octanol–water partition coefficient (Wildman–Crippen LogP) is -1.94. The van der Waals surface area contributed by atoms with E-state index < -0.39 is 0 Å². The van der Waals surface area contributed by atoms with Gasteiger partial charge in [-0.2, -0.15) is 0 Å². The fourth-order valence-electron chi connectivity index (χ4n) is 1.54. The first-order chi connectivity index (χ1) is 6.11. The maximum atomic E-state index is 11.5. The summed E-state index contributed by atoms with van der Waals surface area (Å²) in [6.07, 6.45) is -0.386. The van der Waals surface area contributed by atoms with Crippen molar-refractivity contribution in [3.05, 3.63) is 0 Å². The molecule has 2 unspecified atom stereocenters. The van der Waals surface area contributed by atoms with Gasteiger partial charge in [0.15, 0.2) is 6.17 Å². The minimum Gasteiger partial charge on any atom is -0.369 e. The SMILES string of the molecule is CN1C(=O)N(C)C2NNC(N)=NC21. The molecule has 0 bridgehead atoms. The highest BCUT2D eigenvalue weighted by Gasteiger charge is 2.43. The Hall–Kier alpha value is -1.50. The molecule has 0 aromatic heterocycles. The number of urea groups is 1. The highest BCUT2D eigenvalue weighted by molar-refractivity contribution is 5.82. The van der Waals surface area contributed by atoms with Crippen molar-refractivity contribution in [2.24, 2.45) is 10.7 Å². The van der Waals surface area contributed by atoms with Crippen molar-refractivity contribution >= 4 is 12.0 Å². The minimum atomic E-state index is -0.237. The summed E-state index contributed by atoms with van der Waals surface area (Å²) in [5.74, 6) is 0.302. The van der Waals surface area contributed by atoms with Gasteiger partial charge < -0.3 is 15.5 Å². The zero-order valence-electron chi connectivity index (χ0n) is 7.48. The van der Waals surface area contributed by atoms with E-state index in [1.54, 1.807) is 23.9 Å². The van der Waals surface area contributed by atoms with Crippen molar-refractivity contribution in [1.82, 2.24) is 20.7 Å². The Balaban J connectivity index is 2.30. The van der Waals surface area contributed by atoms with E-state index in [4.69, 9.17) is 5.73 Å². The fraction of sp³-hybridized carbons (Fsp3) is 0.667. The van der Waals surface area contributed by atoms with Crippen molar-refractivity contribution in [2.75, 3.05) is 14.1 Å². The molecule has 0 aromatic carbocycles. The molecule has 2 aliphatic rings. The lowest BCUT2D eigenvalue weighted by atomic mass is 10.4. The molecule has 1 fully saturated rings. The maximum Gasteiger partial charge on any atom is 0.322 e. The van der Waals surface area contributed by atoms with E-state index in [9.17, 15) is 4.79 Å². The standard InChI is InChI=1S/C6H12N6O/c1-11-3-4(12(2)6(11)13)9-10-5(7)8-3/h3-4,9H,1-2H3,(H3,7,8,10). The van der Waals surface area contributed by atoms with Gasteiger partial charge in [0.2, 0.25) is 5.96 Å². The van der Waals surface area contributed by atoms with E-state index >= 15 is 0 Å². The maximum absolute atomic E-state index is 11.5. The largest absolute Gasteiger partial charge is 0.369 e. The normalized spacial score (nSPS) is 32.8. The third-order valence-corrected chi connectivity index (χ3v) is 2.32. The Morgan fingerprint density at radius 1 is 1.46 bits per heavy atom. The van der Waals surface area contributed by atoms with Crippen molar-refractivity contribution in [1.29, 1.82) is 0 Å². The van der Waals surface area contributed by atoms with Gasteiger partial charge in [-0.05, 0) is 0 Å². The Labute approximate surface area is 75.5 Å². The monoisotopic (exact) mass is 184 g/mol. The van der Waals surface area contributed by atoms with Crippen molar-refractivity contribution in [3.63, 3.8) is 0 Å². The summed E-state index contributed by atoms with van der Waals surface area (Å²) in [6.45, 7) is 0. The van der Waals surface area contributed by atoms with Crippen molar-refractivity contribution < 1.29 is 4.79 Å². The average Bonchev–Trinajstić information content (AvgIpc) is 2.32. The van der Waals surface area contributed by atoms with Gasteiger partial charge >= 0.3 is 6.03 Å². The number of likely N-dealkylation sites (N-methyl/N-ethyl adjacent to an activating group) is 2. The smallest absolute Gasteiger partial charge is 0.322 e. The van der Waals surface area contributed by atoms with Gasteiger partial charge in [-0.25, -0.2) is 15.2 Å². The molecule has 2 heterocycles. The molecule has 0 aromatic rings. The van der Waals surface area contributed by atoms with Crippen LogP contribution < -0.4 is 16.6 Å². The lowest BCUT2D eigenvalue weighted by Crippen LogP contribution is -2.60. The van der Waals surface area contributed by atoms with Crippen LogP contribution in [0.15, 0.2) is 4.99 Å². The molecule has 2 atom stereocenters. The van der Waals surface area contributed by atoms with Gasteiger partial charge in [0.05, 0.1) is 0 Å². The summed E-state index contributed by atoms with van der Waals surface area (Å²) < 4.78 is 0. The number of aliphatic imine (C=N–C) groups is 1. The lowest BCUT2D eigenvalue weighted by Gasteiger charge is -2.28. The molecule has 0 radical (unpaired) electrons. The third-order valence-electron chi connectivity index (χ3n) is 2.32. The molecule has 13 heavy (non-hydrogen) atoms. The van der Waals surface area contributed by atoms with Gasteiger partial charge in [-0.3, -0.25) is 5.43 Å². The molecule has 2 amide bonds. The Bertz CT molecular complexity index is 276. The van der Waals surface area contributed by atoms with Crippen LogP contribution in [0.1, 0.15) is 0 Å². The van der Waals surface area contributed by atoms with Gasteiger partial charge in [-0.1, -0.05) is 0 Å². The average molecular weight is 184 g/mol. The Kier molecular flexibility index (Phi) is 1.56. The number of hydrogen-bond donors (Lipinski definition) is 3. The second kappa shape index (κ2) is 2.49. The second-order valence-electron chi connectivity index (χ2n) is 3.15. The highest BCUT2D eigenvalue weighted by Crippen LogP contribution is 2.19. The summed E-state index contributed by atoms with van der Waals surface area (Å²) in [5, 5.41) is 0. The van der Waals surface area contributed by atoms with Gasteiger partial charge in [0.1, 0.15) is 6.17 Å². The van der Waals surface area contributed by atoms with Crippen LogP contribution in [-0.4, -0.2) is 48.2 Å². The van der Waals surface area contributed by atoms with Crippen LogP contribution in [0.5, 0.6) is 0 Å². The Morgan fingerprint density at radius 2 is 2.15 bits per heavy atom. The third kappa shape index (κ3) is 1.00. The number of carbonyl (C=O) groups is 1.